The first-order valence-electron chi connectivity index (χ1n) is 7.94. The summed E-state index contributed by atoms with van der Waals surface area (Å²) in [7, 11) is 0. The topological polar surface area (TPSA) is 58.4 Å². The third kappa shape index (κ3) is 4.83. The number of likely N-dealkylation sites (N-methyl/N-ethyl adjacent to an activating group) is 1. The molecule has 4 heteroatoms. The Morgan fingerprint density at radius 2 is 2.05 bits per heavy atom. The molecule has 0 radical (unpaired) electrons. The number of nitrogens with two attached hydrogens (primary N) is 1. The molecule has 0 aliphatic heterocycles. The van der Waals surface area contributed by atoms with Crippen molar-refractivity contribution >= 4 is 11.6 Å². The van der Waals surface area contributed by atoms with Crippen molar-refractivity contribution < 1.29 is 4.79 Å². The molecule has 1 saturated carbocycles. The molecular weight excluding hydrogens is 262 g/mol. The van der Waals surface area contributed by atoms with Crippen LogP contribution in [0.4, 0.5) is 5.69 Å². The van der Waals surface area contributed by atoms with Crippen LogP contribution in [0.1, 0.15) is 38.2 Å². The van der Waals surface area contributed by atoms with Crippen LogP contribution in [0.3, 0.4) is 0 Å². The molecule has 116 valence electrons. The lowest BCUT2D eigenvalue weighted by Gasteiger charge is -2.34. The number of benzene rings is 1. The van der Waals surface area contributed by atoms with Crippen LogP contribution in [0.5, 0.6) is 0 Å². The van der Waals surface area contributed by atoms with Gasteiger partial charge in [-0.1, -0.05) is 19.1 Å². The Hall–Kier alpha value is -1.39. The van der Waals surface area contributed by atoms with Crippen LogP contribution in [0.25, 0.3) is 0 Å². The lowest BCUT2D eigenvalue weighted by Crippen LogP contribution is -2.44. The summed E-state index contributed by atoms with van der Waals surface area (Å²) in [6.45, 7) is 5.51. The molecule has 1 aliphatic carbocycles. The fourth-order valence-corrected chi connectivity index (χ4v) is 3.07. The molecule has 3 N–H and O–H groups in total. The van der Waals surface area contributed by atoms with Gasteiger partial charge in [0.15, 0.2) is 0 Å². The number of amides is 1. The maximum Gasteiger partial charge on any atom is 0.238 e. The van der Waals surface area contributed by atoms with Gasteiger partial charge in [0.2, 0.25) is 5.91 Å². The molecule has 0 atom stereocenters. The highest BCUT2D eigenvalue weighted by Gasteiger charge is 2.24. The maximum absolute atomic E-state index is 12.2. The predicted octanol–water partition coefficient (Wildman–Crippen LogP) is 2.53. The lowest BCUT2D eigenvalue weighted by molar-refractivity contribution is -0.118. The number of aryl methyl sites for hydroxylation is 1. The van der Waals surface area contributed by atoms with Gasteiger partial charge in [0.25, 0.3) is 0 Å². The van der Waals surface area contributed by atoms with Crippen molar-refractivity contribution in [1.29, 1.82) is 0 Å². The molecule has 21 heavy (non-hydrogen) atoms. The molecule has 1 aliphatic rings. The fraction of sp³-hybridized carbons (Fsp3) is 0.588. The van der Waals surface area contributed by atoms with Crippen molar-refractivity contribution in [3.63, 3.8) is 0 Å². The Bertz CT molecular complexity index is 467. The maximum atomic E-state index is 12.2. The standard InChI is InChI=1S/C17H27N3O/c1-3-20(16-9-7-14(18)8-10-16)12-17(21)19-15-6-4-5-13(2)11-15/h4-6,11,14,16H,3,7-10,12,18H2,1-2H3,(H,19,21). The summed E-state index contributed by atoms with van der Waals surface area (Å²) in [5.41, 5.74) is 7.99. The molecule has 0 spiro atoms. The van der Waals surface area contributed by atoms with Crippen LogP contribution in [-0.2, 0) is 4.79 Å². The predicted molar refractivity (Wildman–Crippen MR) is 87.3 cm³/mol. The van der Waals surface area contributed by atoms with Gasteiger partial charge in [-0.15, -0.1) is 0 Å². The van der Waals surface area contributed by atoms with E-state index in [2.05, 4.69) is 17.1 Å². The monoisotopic (exact) mass is 289 g/mol. The van der Waals surface area contributed by atoms with Gasteiger partial charge >= 0.3 is 0 Å². The number of hydrogen-bond donors (Lipinski definition) is 2. The van der Waals surface area contributed by atoms with Crippen molar-refractivity contribution in [2.75, 3.05) is 18.4 Å². The largest absolute Gasteiger partial charge is 0.328 e. The molecule has 1 fully saturated rings. The Balaban J connectivity index is 1.87. The van der Waals surface area contributed by atoms with E-state index in [1.165, 1.54) is 0 Å². The van der Waals surface area contributed by atoms with E-state index >= 15 is 0 Å². The van der Waals surface area contributed by atoms with Crippen molar-refractivity contribution in [1.82, 2.24) is 4.90 Å². The van der Waals surface area contributed by atoms with Gasteiger partial charge in [-0.05, 0) is 56.8 Å². The minimum atomic E-state index is 0.0670. The zero-order valence-corrected chi connectivity index (χ0v) is 13.1. The summed E-state index contributed by atoms with van der Waals surface area (Å²) in [5, 5.41) is 2.99. The number of nitrogens with zero attached hydrogens (tertiary/aromatic N) is 1. The Labute approximate surface area is 127 Å². The molecule has 1 aromatic carbocycles. The quantitative estimate of drug-likeness (QED) is 0.875. The van der Waals surface area contributed by atoms with E-state index in [0.29, 0.717) is 18.6 Å². The van der Waals surface area contributed by atoms with E-state index in [1.807, 2.05) is 31.2 Å². The molecule has 0 heterocycles. The van der Waals surface area contributed by atoms with Crippen LogP contribution < -0.4 is 11.1 Å². The van der Waals surface area contributed by atoms with Gasteiger partial charge in [0.1, 0.15) is 0 Å². The Morgan fingerprint density at radius 1 is 1.33 bits per heavy atom. The van der Waals surface area contributed by atoms with Gasteiger partial charge in [-0.3, -0.25) is 9.69 Å². The number of nitrogens with one attached hydrogen (secondary N) is 1. The molecule has 0 aromatic heterocycles. The van der Waals surface area contributed by atoms with Crippen LogP contribution in [0.2, 0.25) is 0 Å². The average Bonchev–Trinajstić information content (AvgIpc) is 2.46. The highest BCUT2D eigenvalue weighted by molar-refractivity contribution is 5.92. The van der Waals surface area contributed by atoms with E-state index in [1.54, 1.807) is 0 Å². The Morgan fingerprint density at radius 3 is 2.67 bits per heavy atom. The Kier molecular flexibility index (Phi) is 5.76. The molecule has 1 amide bonds. The first kappa shape index (κ1) is 16.0. The summed E-state index contributed by atoms with van der Waals surface area (Å²) in [4.78, 5) is 14.5. The second-order valence-corrected chi connectivity index (χ2v) is 6.05. The second kappa shape index (κ2) is 7.57. The zero-order valence-electron chi connectivity index (χ0n) is 13.1. The fourth-order valence-electron chi connectivity index (χ4n) is 3.07. The van der Waals surface area contributed by atoms with E-state index < -0.39 is 0 Å². The van der Waals surface area contributed by atoms with E-state index in [4.69, 9.17) is 5.73 Å². The smallest absolute Gasteiger partial charge is 0.238 e. The normalized spacial score (nSPS) is 22.3. The summed E-state index contributed by atoms with van der Waals surface area (Å²) < 4.78 is 0. The van der Waals surface area contributed by atoms with E-state index in [0.717, 1.165) is 43.5 Å². The molecule has 0 saturated heterocycles. The molecule has 2 rings (SSSR count). The molecule has 0 bridgehead atoms. The van der Waals surface area contributed by atoms with Gasteiger partial charge in [0.05, 0.1) is 6.54 Å². The number of rotatable bonds is 5. The molecular formula is C17H27N3O. The number of anilines is 1. The van der Waals surface area contributed by atoms with E-state index in [-0.39, 0.29) is 5.91 Å². The minimum Gasteiger partial charge on any atom is -0.328 e. The summed E-state index contributed by atoms with van der Waals surface area (Å²) in [6.07, 6.45) is 4.35. The highest BCUT2D eigenvalue weighted by Crippen LogP contribution is 2.22. The van der Waals surface area contributed by atoms with Crippen LogP contribution in [0.15, 0.2) is 24.3 Å². The molecule has 0 unspecified atom stereocenters. The third-order valence-electron chi connectivity index (χ3n) is 4.31. The molecule has 1 aromatic rings. The first-order valence-corrected chi connectivity index (χ1v) is 7.94. The van der Waals surface area contributed by atoms with Gasteiger partial charge in [0, 0.05) is 17.8 Å². The summed E-state index contributed by atoms with van der Waals surface area (Å²) >= 11 is 0. The van der Waals surface area contributed by atoms with Crippen molar-refractivity contribution in [2.24, 2.45) is 5.73 Å². The van der Waals surface area contributed by atoms with Crippen LogP contribution >= 0.6 is 0 Å². The lowest BCUT2D eigenvalue weighted by atomic mass is 9.91. The SMILES string of the molecule is CCN(CC(=O)Nc1cccc(C)c1)C1CCC(N)CC1. The third-order valence-corrected chi connectivity index (χ3v) is 4.31. The van der Waals surface area contributed by atoms with Gasteiger partial charge in [-0.2, -0.15) is 0 Å². The minimum absolute atomic E-state index is 0.0670. The van der Waals surface area contributed by atoms with Crippen molar-refractivity contribution in [2.45, 2.75) is 51.6 Å². The van der Waals surface area contributed by atoms with E-state index in [9.17, 15) is 4.79 Å². The average molecular weight is 289 g/mol. The summed E-state index contributed by atoms with van der Waals surface area (Å²) in [6, 6.07) is 8.76. The van der Waals surface area contributed by atoms with Gasteiger partial charge in [-0.25, -0.2) is 0 Å². The number of hydrogen-bond acceptors (Lipinski definition) is 3. The van der Waals surface area contributed by atoms with Gasteiger partial charge < -0.3 is 11.1 Å². The number of carbonyl (C=O) groups is 1. The molecule has 4 nitrogen and oxygen atoms in total. The van der Waals surface area contributed by atoms with Crippen LogP contribution in [-0.4, -0.2) is 36.0 Å². The number of carbonyl (C=O) groups excluding carboxylic acids is 1. The van der Waals surface area contributed by atoms with Crippen LogP contribution in [0, 0.1) is 6.92 Å². The second-order valence-electron chi connectivity index (χ2n) is 6.05. The summed E-state index contributed by atoms with van der Waals surface area (Å²) in [5.74, 6) is 0.0670. The van der Waals surface area contributed by atoms with Crippen molar-refractivity contribution in [3.05, 3.63) is 29.8 Å². The zero-order chi connectivity index (χ0) is 15.2. The first-order chi connectivity index (χ1) is 10.1. The highest BCUT2D eigenvalue weighted by atomic mass is 16.2. The van der Waals surface area contributed by atoms with Crippen molar-refractivity contribution in [3.8, 4) is 0 Å².